The molecule has 1 heterocycles. The summed E-state index contributed by atoms with van der Waals surface area (Å²) in [6, 6.07) is 2.76. The first-order valence-corrected chi connectivity index (χ1v) is 7.73. The van der Waals surface area contributed by atoms with Crippen molar-refractivity contribution in [3.05, 3.63) is 46.0 Å². The maximum atomic E-state index is 12.5. The Morgan fingerprint density at radius 1 is 1.32 bits per heavy atom. The molecule has 0 aliphatic heterocycles. The molecule has 0 saturated carbocycles. The Balaban J connectivity index is 2.18. The molecule has 136 valence electrons. The molecule has 1 aromatic heterocycles. The van der Waals surface area contributed by atoms with Gasteiger partial charge in [0.1, 0.15) is 12.4 Å². The second kappa shape index (κ2) is 7.53. The molecule has 0 spiro atoms. The molecule has 2 aromatic rings. The standard InChI is InChI=1S/C15H14Cl2F3N3O2/c1-22(7-12-21-3-4-23(12)8-15(18,19)20)14(24)9-5-10(16)13(25-2)11(17)6-9/h3-6H,7-8H2,1-2H3. The zero-order valence-corrected chi connectivity index (χ0v) is 14.8. The molecule has 25 heavy (non-hydrogen) atoms. The molecule has 0 bridgehead atoms. The largest absolute Gasteiger partial charge is 0.494 e. The third kappa shape index (κ3) is 4.79. The molecule has 0 radical (unpaired) electrons. The van der Waals surface area contributed by atoms with Gasteiger partial charge in [-0.1, -0.05) is 23.2 Å². The number of imidazole rings is 1. The highest BCUT2D eigenvalue weighted by Gasteiger charge is 2.29. The lowest BCUT2D eigenvalue weighted by atomic mass is 10.2. The first-order valence-electron chi connectivity index (χ1n) is 6.97. The number of carbonyl (C=O) groups excluding carboxylic acids is 1. The number of carbonyl (C=O) groups is 1. The number of hydrogen-bond donors (Lipinski definition) is 0. The van der Waals surface area contributed by atoms with Gasteiger partial charge < -0.3 is 14.2 Å². The number of alkyl halides is 3. The first kappa shape index (κ1) is 19.4. The van der Waals surface area contributed by atoms with E-state index < -0.39 is 18.6 Å². The van der Waals surface area contributed by atoms with Crippen molar-refractivity contribution >= 4 is 29.1 Å². The number of rotatable bonds is 5. The van der Waals surface area contributed by atoms with Crippen LogP contribution in [0.5, 0.6) is 5.75 Å². The zero-order valence-electron chi connectivity index (χ0n) is 13.3. The molecule has 0 fully saturated rings. The summed E-state index contributed by atoms with van der Waals surface area (Å²) in [5.41, 5.74) is 0.187. The van der Waals surface area contributed by atoms with Crippen molar-refractivity contribution < 1.29 is 22.7 Å². The van der Waals surface area contributed by atoms with Crippen LogP contribution in [0.1, 0.15) is 16.2 Å². The van der Waals surface area contributed by atoms with E-state index in [0.717, 1.165) is 4.57 Å². The van der Waals surface area contributed by atoms with E-state index in [0.29, 0.717) is 0 Å². The average Bonchev–Trinajstić information content (AvgIpc) is 2.91. The summed E-state index contributed by atoms with van der Waals surface area (Å²) < 4.78 is 43.6. The van der Waals surface area contributed by atoms with Crippen LogP contribution in [0.15, 0.2) is 24.5 Å². The minimum absolute atomic E-state index is 0.108. The summed E-state index contributed by atoms with van der Waals surface area (Å²) in [6.07, 6.45) is -1.92. The predicted molar refractivity (Wildman–Crippen MR) is 87.1 cm³/mol. The second-order valence-electron chi connectivity index (χ2n) is 5.22. The minimum Gasteiger partial charge on any atom is -0.494 e. The SMILES string of the molecule is COc1c(Cl)cc(C(=O)N(C)Cc2nccn2CC(F)(F)F)cc1Cl. The summed E-state index contributed by atoms with van der Waals surface area (Å²) in [6.45, 7) is -1.28. The molecular formula is C15H14Cl2F3N3O2. The molecule has 0 aliphatic carbocycles. The lowest BCUT2D eigenvalue weighted by molar-refractivity contribution is -0.141. The Hall–Kier alpha value is -1.93. The van der Waals surface area contributed by atoms with Gasteiger partial charge in [0.2, 0.25) is 0 Å². The molecule has 1 amide bonds. The zero-order chi connectivity index (χ0) is 18.8. The highest BCUT2D eigenvalue weighted by Crippen LogP contribution is 2.34. The lowest BCUT2D eigenvalue weighted by Gasteiger charge is -2.19. The van der Waals surface area contributed by atoms with Crippen molar-refractivity contribution in [3.63, 3.8) is 0 Å². The van der Waals surface area contributed by atoms with Crippen LogP contribution in [0.4, 0.5) is 13.2 Å². The normalized spacial score (nSPS) is 11.5. The maximum absolute atomic E-state index is 12.5. The molecule has 2 rings (SSSR count). The lowest BCUT2D eigenvalue weighted by Crippen LogP contribution is -2.29. The van der Waals surface area contributed by atoms with E-state index in [1.54, 1.807) is 0 Å². The van der Waals surface area contributed by atoms with E-state index in [1.165, 1.54) is 43.6 Å². The Labute approximate surface area is 151 Å². The van der Waals surface area contributed by atoms with Gasteiger partial charge in [0.25, 0.3) is 5.91 Å². The Kier molecular flexibility index (Phi) is 5.84. The van der Waals surface area contributed by atoms with Gasteiger partial charge >= 0.3 is 6.18 Å². The highest BCUT2D eigenvalue weighted by atomic mass is 35.5. The first-order chi connectivity index (χ1) is 11.6. The highest BCUT2D eigenvalue weighted by molar-refractivity contribution is 6.37. The third-order valence-corrected chi connectivity index (χ3v) is 3.89. The number of hydrogen-bond acceptors (Lipinski definition) is 3. The number of nitrogens with zero attached hydrogens (tertiary/aromatic N) is 3. The summed E-state index contributed by atoms with van der Waals surface area (Å²) in [5.74, 6) is -0.116. The van der Waals surface area contributed by atoms with Gasteiger partial charge in [-0.3, -0.25) is 4.79 Å². The van der Waals surface area contributed by atoms with Gasteiger partial charge in [-0.25, -0.2) is 4.98 Å². The maximum Gasteiger partial charge on any atom is 0.406 e. The van der Waals surface area contributed by atoms with Crippen molar-refractivity contribution in [2.45, 2.75) is 19.3 Å². The van der Waals surface area contributed by atoms with Gasteiger partial charge in [-0.2, -0.15) is 13.2 Å². The summed E-state index contributed by atoms with van der Waals surface area (Å²) >= 11 is 12.0. The quantitative estimate of drug-likeness (QED) is 0.767. The topological polar surface area (TPSA) is 47.4 Å². The number of amides is 1. The molecule has 0 saturated heterocycles. The molecule has 0 unspecified atom stereocenters. The van der Waals surface area contributed by atoms with Crippen LogP contribution in [0.25, 0.3) is 0 Å². The van der Waals surface area contributed by atoms with Crippen LogP contribution in [-0.2, 0) is 13.1 Å². The van der Waals surface area contributed by atoms with E-state index in [1.807, 2.05) is 0 Å². The van der Waals surface area contributed by atoms with E-state index in [9.17, 15) is 18.0 Å². The fraction of sp³-hybridized carbons (Fsp3) is 0.333. The van der Waals surface area contributed by atoms with Crippen LogP contribution < -0.4 is 4.74 Å². The van der Waals surface area contributed by atoms with Crippen LogP contribution in [0.2, 0.25) is 10.0 Å². The number of halogens is 5. The number of benzene rings is 1. The molecule has 0 atom stereocenters. The van der Waals surface area contributed by atoms with Gasteiger partial charge in [0, 0.05) is 25.0 Å². The van der Waals surface area contributed by atoms with Crippen molar-refractivity contribution in [2.75, 3.05) is 14.2 Å². The fourth-order valence-electron chi connectivity index (χ4n) is 2.21. The number of ether oxygens (including phenoxy) is 1. The second-order valence-corrected chi connectivity index (χ2v) is 6.04. The molecule has 1 aromatic carbocycles. The summed E-state index contributed by atoms with van der Waals surface area (Å²) in [7, 11) is 2.84. The summed E-state index contributed by atoms with van der Waals surface area (Å²) in [4.78, 5) is 17.6. The summed E-state index contributed by atoms with van der Waals surface area (Å²) in [5, 5.41) is 0.315. The molecule has 0 aliphatic rings. The van der Waals surface area contributed by atoms with Crippen molar-refractivity contribution in [1.82, 2.24) is 14.5 Å². The Morgan fingerprint density at radius 2 is 1.92 bits per heavy atom. The van der Waals surface area contributed by atoms with Crippen LogP contribution in [0.3, 0.4) is 0 Å². The monoisotopic (exact) mass is 395 g/mol. The van der Waals surface area contributed by atoms with E-state index in [4.69, 9.17) is 27.9 Å². The van der Waals surface area contributed by atoms with Crippen molar-refractivity contribution in [1.29, 1.82) is 0 Å². The fourth-order valence-corrected chi connectivity index (χ4v) is 2.85. The number of methoxy groups -OCH3 is 1. The molecule has 0 N–H and O–H groups in total. The number of aromatic nitrogens is 2. The van der Waals surface area contributed by atoms with Gasteiger partial charge in [0.05, 0.1) is 23.7 Å². The average molecular weight is 396 g/mol. The van der Waals surface area contributed by atoms with Crippen molar-refractivity contribution in [2.24, 2.45) is 0 Å². The smallest absolute Gasteiger partial charge is 0.406 e. The molecule has 5 nitrogen and oxygen atoms in total. The van der Waals surface area contributed by atoms with Gasteiger partial charge in [-0.15, -0.1) is 0 Å². The van der Waals surface area contributed by atoms with Crippen molar-refractivity contribution in [3.8, 4) is 5.75 Å². The van der Waals surface area contributed by atoms with E-state index >= 15 is 0 Å². The van der Waals surface area contributed by atoms with E-state index in [2.05, 4.69) is 4.98 Å². The van der Waals surface area contributed by atoms with Crippen LogP contribution >= 0.6 is 23.2 Å². The Bertz CT molecular complexity index is 755. The van der Waals surface area contributed by atoms with Crippen LogP contribution in [-0.4, -0.2) is 40.7 Å². The predicted octanol–water partition coefficient (Wildman–Crippen LogP) is 4.03. The van der Waals surface area contributed by atoms with Crippen LogP contribution in [0, 0.1) is 0 Å². The third-order valence-electron chi connectivity index (χ3n) is 3.33. The van der Waals surface area contributed by atoms with E-state index in [-0.39, 0.29) is 33.7 Å². The minimum atomic E-state index is -4.38. The molecular weight excluding hydrogens is 382 g/mol. The van der Waals surface area contributed by atoms with Gasteiger partial charge in [0.15, 0.2) is 5.75 Å². The molecule has 10 heteroatoms. The van der Waals surface area contributed by atoms with Gasteiger partial charge in [-0.05, 0) is 12.1 Å². The Morgan fingerprint density at radius 3 is 2.44 bits per heavy atom.